The molecule has 1 atom stereocenters. The second-order valence-corrected chi connectivity index (χ2v) is 7.60. The van der Waals surface area contributed by atoms with Crippen LogP contribution in [0.4, 0.5) is 14.6 Å². The lowest BCUT2D eigenvalue weighted by molar-refractivity contribution is -0.131. The van der Waals surface area contributed by atoms with Gasteiger partial charge >= 0.3 is 6.61 Å². The first-order valence-corrected chi connectivity index (χ1v) is 9.64. The van der Waals surface area contributed by atoms with Gasteiger partial charge in [0.2, 0.25) is 5.28 Å². The third-order valence-electron chi connectivity index (χ3n) is 3.55. The Bertz CT molecular complexity index is 877. The van der Waals surface area contributed by atoms with Crippen LogP contribution in [0.25, 0.3) is 5.52 Å². The van der Waals surface area contributed by atoms with E-state index in [1.165, 1.54) is 0 Å². The summed E-state index contributed by atoms with van der Waals surface area (Å²) in [4.78, 5) is 5.39. The van der Waals surface area contributed by atoms with Crippen molar-refractivity contribution < 1.29 is 13.5 Å². The molecule has 6 nitrogen and oxygen atoms in total. The van der Waals surface area contributed by atoms with Gasteiger partial charge in [-0.05, 0) is 57.0 Å². The van der Waals surface area contributed by atoms with Gasteiger partial charge in [0.1, 0.15) is 10.1 Å². The summed E-state index contributed by atoms with van der Waals surface area (Å²) in [6.45, 7) is -2.48. The van der Waals surface area contributed by atoms with Crippen molar-refractivity contribution in [3.05, 3.63) is 43.9 Å². The normalized spacial score (nSPS) is 12.8. The van der Waals surface area contributed by atoms with E-state index >= 15 is 0 Å². The molecular weight excluding hydrogens is 452 g/mol. The first-order chi connectivity index (χ1) is 12.4. The van der Waals surface area contributed by atoms with Gasteiger partial charge in [-0.15, -0.1) is 16.4 Å². The Labute approximate surface area is 165 Å². The van der Waals surface area contributed by atoms with Gasteiger partial charge in [-0.1, -0.05) is 6.07 Å². The maximum atomic E-state index is 12.1. The average molecular weight is 467 g/mol. The van der Waals surface area contributed by atoms with Crippen molar-refractivity contribution >= 4 is 50.2 Å². The molecule has 26 heavy (non-hydrogen) atoms. The van der Waals surface area contributed by atoms with Crippen LogP contribution in [-0.2, 0) is 17.7 Å². The number of halogens is 4. The fraction of sp³-hybridized carbons (Fsp3) is 0.333. The average Bonchev–Trinajstić information content (AvgIpc) is 3.21. The fourth-order valence-electron chi connectivity index (χ4n) is 2.44. The van der Waals surface area contributed by atoms with Crippen LogP contribution < -0.4 is 11.1 Å². The number of nitrogens with two attached hydrogens (primary N) is 1. The van der Waals surface area contributed by atoms with E-state index in [0.717, 1.165) is 10.4 Å². The number of nitrogens with one attached hydrogen (secondary N) is 1. The van der Waals surface area contributed by atoms with Crippen molar-refractivity contribution in [2.45, 2.75) is 25.6 Å². The summed E-state index contributed by atoms with van der Waals surface area (Å²) in [7, 11) is 0. The maximum Gasteiger partial charge on any atom is 0.345 e. The molecule has 3 heterocycles. The topological polar surface area (TPSA) is 77.5 Å². The van der Waals surface area contributed by atoms with Crippen LogP contribution in [0, 0.1) is 0 Å². The Hall–Kier alpha value is -1.33. The van der Waals surface area contributed by atoms with E-state index < -0.39 is 12.7 Å². The number of hydrogen-bond donors (Lipinski definition) is 2. The second-order valence-electron chi connectivity index (χ2n) is 5.48. The van der Waals surface area contributed by atoms with Crippen molar-refractivity contribution in [1.29, 1.82) is 0 Å². The number of nitrogens with zero attached hydrogens (tertiary/aromatic N) is 3. The second kappa shape index (κ2) is 8.57. The number of thiophene rings is 1. The Morgan fingerprint density at radius 1 is 1.46 bits per heavy atom. The van der Waals surface area contributed by atoms with Crippen molar-refractivity contribution in [2.24, 2.45) is 5.73 Å². The first-order valence-electron chi connectivity index (χ1n) is 7.59. The number of hydrogen-bond acceptors (Lipinski definition) is 6. The molecule has 3 N–H and O–H groups in total. The zero-order chi connectivity index (χ0) is 18.7. The molecule has 0 aliphatic heterocycles. The molecule has 0 spiro atoms. The van der Waals surface area contributed by atoms with Crippen LogP contribution in [0.5, 0.6) is 0 Å². The number of anilines is 1. The number of rotatable bonds is 8. The van der Waals surface area contributed by atoms with Gasteiger partial charge in [0.05, 0.1) is 13.2 Å². The molecule has 0 aliphatic rings. The highest BCUT2D eigenvalue weighted by Gasteiger charge is 2.17. The quantitative estimate of drug-likeness (QED) is 0.526. The lowest BCUT2D eigenvalue weighted by Crippen LogP contribution is -2.29. The Morgan fingerprint density at radius 3 is 2.96 bits per heavy atom. The van der Waals surface area contributed by atoms with Gasteiger partial charge in [0, 0.05) is 10.9 Å². The zero-order valence-electron chi connectivity index (χ0n) is 13.3. The summed E-state index contributed by atoms with van der Waals surface area (Å²) < 4.78 is 30.8. The molecule has 140 valence electrons. The van der Waals surface area contributed by atoms with Crippen molar-refractivity contribution in [3.8, 4) is 0 Å². The summed E-state index contributed by atoms with van der Waals surface area (Å²) in [5, 5.41) is 9.50. The highest BCUT2D eigenvalue weighted by Crippen LogP contribution is 2.28. The third-order valence-corrected chi connectivity index (χ3v) is 5.43. The van der Waals surface area contributed by atoms with Crippen LogP contribution >= 0.6 is 38.9 Å². The minimum atomic E-state index is -2.84. The maximum absolute atomic E-state index is 12.1. The van der Waals surface area contributed by atoms with E-state index in [4.69, 9.17) is 17.3 Å². The Morgan fingerprint density at radius 2 is 2.27 bits per heavy atom. The molecular formula is C15H15BrClF2N5OS. The molecule has 0 aliphatic carbocycles. The van der Waals surface area contributed by atoms with Crippen LogP contribution in [0.2, 0.25) is 5.28 Å². The first kappa shape index (κ1) is 19.4. The van der Waals surface area contributed by atoms with E-state index in [1.807, 2.05) is 23.6 Å². The predicted molar refractivity (Wildman–Crippen MR) is 101 cm³/mol. The molecule has 0 radical (unpaired) electrons. The number of alkyl halides is 2. The number of fused-ring (bicyclic) bond motifs is 1. The van der Waals surface area contributed by atoms with Gasteiger partial charge < -0.3 is 15.8 Å². The number of ether oxygens (including phenoxy) is 1. The van der Waals surface area contributed by atoms with Crippen LogP contribution in [0.15, 0.2) is 28.2 Å². The van der Waals surface area contributed by atoms with E-state index in [1.54, 1.807) is 15.9 Å². The van der Waals surface area contributed by atoms with Crippen LogP contribution in [-0.4, -0.2) is 33.9 Å². The fourth-order valence-corrected chi connectivity index (χ4v) is 3.79. The lowest BCUT2D eigenvalue weighted by atomic mass is 10.1. The van der Waals surface area contributed by atoms with E-state index in [0.29, 0.717) is 28.9 Å². The Balaban J connectivity index is 1.83. The SMILES string of the molecule is N[C@@H](COC(F)F)Cc1cc2c(NCc3cccs3)nc(Cl)nn2c1Br. The molecule has 0 unspecified atom stereocenters. The standard InChI is InChI=1S/C15H15BrClF2N5OS/c16-12-8(4-9(20)7-25-15(18)19)5-11-13(22-14(17)23-24(11)12)21-6-10-2-1-3-26-10/h1-3,5,9,15H,4,6-7,20H2,(H,21,22,23)/t9-/m1/s1. The minimum Gasteiger partial charge on any atom is -0.363 e. The molecule has 3 aromatic heterocycles. The monoisotopic (exact) mass is 465 g/mol. The van der Waals surface area contributed by atoms with Gasteiger partial charge in [-0.2, -0.15) is 13.8 Å². The number of aromatic nitrogens is 3. The molecule has 11 heteroatoms. The molecule has 0 amide bonds. The van der Waals surface area contributed by atoms with Crippen LogP contribution in [0.1, 0.15) is 10.4 Å². The lowest BCUT2D eigenvalue weighted by Gasteiger charge is -2.10. The van der Waals surface area contributed by atoms with Gasteiger partial charge in [-0.25, -0.2) is 4.52 Å². The predicted octanol–water partition coefficient (Wildman–Crippen LogP) is 3.93. The van der Waals surface area contributed by atoms with Crippen molar-refractivity contribution in [1.82, 2.24) is 14.6 Å². The summed E-state index contributed by atoms with van der Waals surface area (Å²) in [6, 6.07) is 5.25. The minimum absolute atomic E-state index is 0.0827. The summed E-state index contributed by atoms with van der Waals surface area (Å²) >= 11 is 11.1. The molecule has 0 saturated carbocycles. The van der Waals surface area contributed by atoms with Gasteiger partial charge in [0.25, 0.3) is 0 Å². The summed E-state index contributed by atoms with van der Waals surface area (Å²) in [5.41, 5.74) is 7.37. The smallest absolute Gasteiger partial charge is 0.345 e. The van der Waals surface area contributed by atoms with Crippen LogP contribution in [0.3, 0.4) is 0 Å². The van der Waals surface area contributed by atoms with Gasteiger partial charge in [0.15, 0.2) is 5.82 Å². The molecule has 3 rings (SSSR count). The highest BCUT2D eigenvalue weighted by molar-refractivity contribution is 9.10. The summed E-state index contributed by atoms with van der Waals surface area (Å²) in [5.74, 6) is 0.572. The van der Waals surface area contributed by atoms with Crippen molar-refractivity contribution in [2.75, 3.05) is 11.9 Å². The molecule has 0 saturated heterocycles. The largest absolute Gasteiger partial charge is 0.363 e. The highest BCUT2D eigenvalue weighted by atomic mass is 79.9. The summed E-state index contributed by atoms with van der Waals surface area (Å²) in [6.07, 6.45) is 0.332. The molecule has 0 aromatic carbocycles. The molecule has 3 aromatic rings. The van der Waals surface area contributed by atoms with Gasteiger partial charge in [-0.3, -0.25) is 0 Å². The van der Waals surface area contributed by atoms with Crippen molar-refractivity contribution in [3.63, 3.8) is 0 Å². The van der Waals surface area contributed by atoms with E-state index in [-0.39, 0.29) is 11.9 Å². The van der Waals surface area contributed by atoms with E-state index in [9.17, 15) is 8.78 Å². The third kappa shape index (κ3) is 4.68. The molecule has 0 fully saturated rings. The Kier molecular flexibility index (Phi) is 6.41. The molecule has 0 bridgehead atoms. The van der Waals surface area contributed by atoms with E-state index in [2.05, 4.69) is 36.1 Å². The zero-order valence-corrected chi connectivity index (χ0v) is 16.5.